The molecule has 0 aromatic carbocycles. The smallest absolute Gasteiger partial charge is 0.223 e. The second kappa shape index (κ2) is 9.01. The Morgan fingerprint density at radius 1 is 1.09 bits per heavy atom. The van der Waals surface area contributed by atoms with Gasteiger partial charge in [-0.1, -0.05) is 26.2 Å². The minimum atomic E-state index is 0.239. The van der Waals surface area contributed by atoms with Crippen molar-refractivity contribution in [3.8, 4) is 0 Å². The first kappa shape index (κ1) is 17.1. The highest BCUT2D eigenvalue weighted by molar-refractivity contribution is 5.80. The van der Waals surface area contributed by atoms with Gasteiger partial charge in [-0.05, 0) is 31.6 Å². The summed E-state index contributed by atoms with van der Waals surface area (Å²) in [5.41, 5.74) is 0. The van der Waals surface area contributed by atoms with Gasteiger partial charge in [0.1, 0.15) is 0 Å². The van der Waals surface area contributed by atoms with Crippen LogP contribution in [0.15, 0.2) is 4.99 Å². The van der Waals surface area contributed by atoms with E-state index in [0.29, 0.717) is 6.54 Å². The Morgan fingerprint density at radius 3 is 2.50 bits per heavy atom. The minimum Gasteiger partial charge on any atom is -0.354 e. The quantitative estimate of drug-likeness (QED) is 0.474. The van der Waals surface area contributed by atoms with E-state index in [0.717, 1.165) is 44.4 Å². The third kappa shape index (κ3) is 5.18. The van der Waals surface area contributed by atoms with Crippen molar-refractivity contribution in [2.45, 2.75) is 51.9 Å². The molecule has 1 aliphatic carbocycles. The van der Waals surface area contributed by atoms with Crippen LogP contribution in [-0.4, -0.2) is 50.0 Å². The summed E-state index contributed by atoms with van der Waals surface area (Å²) in [7, 11) is 1.84. The molecule has 0 radical (unpaired) electrons. The van der Waals surface area contributed by atoms with Crippen molar-refractivity contribution in [1.29, 1.82) is 0 Å². The van der Waals surface area contributed by atoms with E-state index >= 15 is 0 Å². The third-order valence-electron chi connectivity index (χ3n) is 4.85. The number of amides is 1. The number of hydrogen-bond donors (Lipinski definition) is 2. The highest BCUT2D eigenvalue weighted by Crippen LogP contribution is 2.23. The first-order valence-corrected chi connectivity index (χ1v) is 8.94. The van der Waals surface area contributed by atoms with Crippen molar-refractivity contribution in [1.82, 2.24) is 15.5 Å². The molecule has 2 N–H and O–H groups in total. The molecular formula is C17H32N4O. The molecule has 5 nitrogen and oxygen atoms in total. The fraction of sp³-hybridized carbons (Fsp3) is 0.882. The van der Waals surface area contributed by atoms with E-state index in [1.165, 1.54) is 32.1 Å². The summed E-state index contributed by atoms with van der Waals surface area (Å²) in [4.78, 5) is 18.8. The highest BCUT2D eigenvalue weighted by Gasteiger charge is 2.21. The van der Waals surface area contributed by atoms with Crippen LogP contribution < -0.4 is 10.6 Å². The second-order valence-corrected chi connectivity index (χ2v) is 6.79. The Hall–Kier alpha value is -1.26. The van der Waals surface area contributed by atoms with Crippen molar-refractivity contribution in [3.63, 3.8) is 0 Å². The van der Waals surface area contributed by atoms with Gasteiger partial charge in [-0.15, -0.1) is 0 Å². The van der Waals surface area contributed by atoms with Crippen LogP contribution in [0.4, 0.5) is 0 Å². The highest BCUT2D eigenvalue weighted by atomic mass is 16.1. The van der Waals surface area contributed by atoms with Crippen LogP contribution in [0, 0.1) is 11.8 Å². The zero-order valence-electron chi connectivity index (χ0n) is 14.2. The van der Waals surface area contributed by atoms with Gasteiger partial charge < -0.3 is 15.5 Å². The van der Waals surface area contributed by atoms with Gasteiger partial charge in [0.25, 0.3) is 0 Å². The molecule has 0 spiro atoms. The molecule has 2 rings (SSSR count). The monoisotopic (exact) mass is 308 g/mol. The Kier molecular flexibility index (Phi) is 7.00. The summed E-state index contributed by atoms with van der Waals surface area (Å²) in [6, 6.07) is 0. The molecule has 0 aromatic rings. The Bertz CT molecular complexity index is 377. The zero-order chi connectivity index (χ0) is 15.8. The summed E-state index contributed by atoms with van der Waals surface area (Å²) in [6.45, 7) is 5.88. The van der Waals surface area contributed by atoms with Crippen molar-refractivity contribution in [2.24, 2.45) is 16.8 Å². The standard InChI is InChI=1S/C17H32N4O/c1-14-7-6-12-21(13-14)17(18-2)20-11-10-19-16(22)15-8-4-3-5-9-15/h14-15H,3-13H2,1-2H3,(H,18,20)(H,19,22). The average molecular weight is 308 g/mol. The predicted molar refractivity (Wildman–Crippen MR) is 90.9 cm³/mol. The van der Waals surface area contributed by atoms with Gasteiger partial charge in [0.2, 0.25) is 5.91 Å². The van der Waals surface area contributed by atoms with Crippen molar-refractivity contribution >= 4 is 11.9 Å². The molecule has 1 saturated heterocycles. The zero-order valence-corrected chi connectivity index (χ0v) is 14.2. The molecular weight excluding hydrogens is 276 g/mol. The molecule has 1 amide bonds. The molecule has 0 aromatic heterocycles. The lowest BCUT2D eigenvalue weighted by Gasteiger charge is -2.33. The third-order valence-corrected chi connectivity index (χ3v) is 4.85. The maximum atomic E-state index is 12.1. The molecule has 0 bridgehead atoms. The van der Waals surface area contributed by atoms with Gasteiger partial charge in [0, 0.05) is 39.1 Å². The fourth-order valence-corrected chi connectivity index (χ4v) is 3.58. The van der Waals surface area contributed by atoms with Crippen LogP contribution in [0.2, 0.25) is 0 Å². The molecule has 1 atom stereocenters. The van der Waals surface area contributed by atoms with Crippen LogP contribution in [0.3, 0.4) is 0 Å². The number of hydrogen-bond acceptors (Lipinski definition) is 2. The van der Waals surface area contributed by atoms with Crippen LogP contribution in [0.1, 0.15) is 51.9 Å². The van der Waals surface area contributed by atoms with E-state index in [4.69, 9.17) is 0 Å². The van der Waals surface area contributed by atoms with Crippen LogP contribution in [0.5, 0.6) is 0 Å². The topological polar surface area (TPSA) is 56.7 Å². The number of aliphatic imine (C=N–C) groups is 1. The molecule has 22 heavy (non-hydrogen) atoms. The van der Waals surface area contributed by atoms with Gasteiger partial charge in [0.15, 0.2) is 5.96 Å². The molecule has 126 valence electrons. The molecule has 1 aliphatic heterocycles. The average Bonchev–Trinajstić information content (AvgIpc) is 2.55. The lowest BCUT2D eigenvalue weighted by Crippen LogP contribution is -2.48. The van der Waals surface area contributed by atoms with Gasteiger partial charge in [-0.2, -0.15) is 0 Å². The summed E-state index contributed by atoms with van der Waals surface area (Å²) in [6.07, 6.45) is 8.37. The van der Waals surface area contributed by atoms with Crippen molar-refractivity contribution in [2.75, 3.05) is 33.2 Å². The number of carbonyl (C=O) groups is 1. The Morgan fingerprint density at radius 2 is 1.82 bits per heavy atom. The molecule has 2 fully saturated rings. The van der Waals surface area contributed by atoms with E-state index in [-0.39, 0.29) is 11.8 Å². The Labute approximate surface area is 134 Å². The van der Waals surface area contributed by atoms with Gasteiger partial charge in [0.05, 0.1) is 0 Å². The van der Waals surface area contributed by atoms with Crippen molar-refractivity contribution < 1.29 is 4.79 Å². The molecule has 1 unspecified atom stereocenters. The van der Waals surface area contributed by atoms with Crippen molar-refractivity contribution in [3.05, 3.63) is 0 Å². The minimum absolute atomic E-state index is 0.239. The summed E-state index contributed by atoms with van der Waals surface area (Å²) in [5.74, 6) is 2.19. The number of carbonyl (C=O) groups excluding carboxylic acids is 1. The fourth-order valence-electron chi connectivity index (χ4n) is 3.58. The van der Waals surface area contributed by atoms with Crippen LogP contribution in [0.25, 0.3) is 0 Å². The summed E-state index contributed by atoms with van der Waals surface area (Å²) in [5, 5.41) is 6.45. The van der Waals surface area contributed by atoms with Gasteiger partial charge in [-0.25, -0.2) is 0 Å². The Balaban J connectivity index is 1.65. The van der Waals surface area contributed by atoms with Crippen LogP contribution in [-0.2, 0) is 4.79 Å². The van der Waals surface area contributed by atoms with Gasteiger partial charge >= 0.3 is 0 Å². The maximum absolute atomic E-state index is 12.1. The normalized spacial score (nSPS) is 24.2. The molecule has 1 saturated carbocycles. The lowest BCUT2D eigenvalue weighted by molar-refractivity contribution is -0.125. The SMILES string of the molecule is CN=C(NCCNC(=O)C1CCCCC1)N1CCCC(C)C1. The van der Waals surface area contributed by atoms with E-state index in [1.54, 1.807) is 0 Å². The number of nitrogens with zero attached hydrogens (tertiary/aromatic N) is 2. The predicted octanol–water partition coefficient (Wildman–Crippen LogP) is 1.99. The lowest BCUT2D eigenvalue weighted by atomic mass is 9.89. The summed E-state index contributed by atoms with van der Waals surface area (Å²) < 4.78 is 0. The number of likely N-dealkylation sites (tertiary alicyclic amines) is 1. The number of rotatable bonds is 4. The first-order chi connectivity index (χ1) is 10.7. The molecule has 2 aliphatic rings. The van der Waals surface area contributed by atoms with E-state index < -0.39 is 0 Å². The van der Waals surface area contributed by atoms with E-state index in [1.807, 2.05) is 7.05 Å². The van der Waals surface area contributed by atoms with Gasteiger partial charge in [-0.3, -0.25) is 9.79 Å². The second-order valence-electron chi connectivity index (χ2n) is 6.79. The first-order valence-electron chi connectivity index (χ1n) is 8.94. The van der Waals surface area contributed by atoms with Crippen LogP contribution >= 0.6 is 0 Å². The largest absolute Gasteiger partial charge is 0.354 e. The number of piperidine rings is 1. The summed E-state index contributed by atoms with van der Waals surface area (Å²) >= 11 is 0. The van der Waals surface area contributed by atoms with E-state index in [2.05, 4.69) is 27.4 Å². The number of guanidine groups is 1. The van der Waals surface area contributed by atoms with E-state index in [9.17, 15) is 4.79 Å². The molecule has 5 heteroatoms. The maximum Gasteiger partial charge on any atom is 0.223 e. The molecule has 1 heterocycles. The number of nitrogens with one attached hydrogen (secondary N) is 2.